The van der Waals surface area contributed by atoms with Gasteiger partial charge in [-0.25, -0.2) is 8.42 Å². The van der Waals surface area contributed by atoms with Gasteiger partial charge < -0.3 is 0 Å². The van der Waals surface area contributed by atoms with Crippen LogP contribution in [0, 0.1) is 0 Å². The van der Waals surface area contributed by atoms with E-state index < -0.39 is 9.84 Å². The molecule has 0 N–H and O–H groups in total. The van der Waals surface area contributed by atoms with Crippen molar-refractivity contribution in [3.63, 3.8) is 0 Å². The second-order valence-corrected chi connectivity index (χ2v) is 6.99. The molecule has 1 rings (SSSR count). The Morgan fingerprint density at radius 1 is 1.27 bits per heavy atom. The van der Waals surface area contributed by atoms with Crippen molar-refractivity contribution in [1.29, 1.82) is 0 Å². The van der Waals surface area contributed by atoms with E-state index in [1.54, 1.807) is 13.8 Å². The van der Waals surface area contributed by atoms with Crippen molar-refractivity contribution in [2.24, 2.45) is 0 Å². The predicted molar refractivity (Wildman–Crippen MR) is 72.5 cm³/mol. The molecule has 1 aromatic carbocycles. The fourth-order valence-corrected chi connectivity index (χ4v) is 3.07. The molecular formula is C11H13IO2S. The Labute approximate surface area is 104 Å². The third-order valence-electron chi connectivity index (χ3n) is 1.97. The Bertz CT molecular complexity index is 447. The molecule has 0 saturated heterocycles. The topological polar surface area (TPSA) is 34.1 Å². The molecule has 0 saturated carbocycles. The highest BCUT2D eigenvalue weighted by atomic mass is 127. The van der Waals surface area contributed by atoms with Crippen molar-refractivity contribution in [2.45, 2.75) is 19.1 Å². The third kappa shape index (κ3) is 3.61. The lowest BCUT2D eigenvalue weighted by molar-refractivity contribution is 0.596. The quantitative estimate of drug-likeness (QED) is 0.794. The first-order valence-corrected chi connectivity index (χ1v) is 7.29. The molecule has 0 aliphatic rings. The maximum absolute atomic E-state index is 11.6. The van der Waals surface area contributed by atoms with Crippen LogP contribution in [0.5, 0.6) is 0 Å². The molecule has 82 valence electrons. The van der Waals surface area contributed by atoms with Gasteiger partial charge in [-0.2, -0.15) is 0 Å². The number of benzene rings is 1. The molecule has 0 heterocycles. The molecule has 1 aromatic rings. The minimum Gasteiger partial charge on any atom is -0.224 e. The Balaban J connectivity index is 3.06. The lowest BCUT2D eigenvalue weighted by Crippen LogP contribution is -2.10. The van der Waals surface area contributed by atoms with Gasteiger partial charge >= 0.3 is 0 Å². The van der Waals surface area contributed by atoms with Gasteiger partial charge in [0.2, 0.25) is 0 Å². The fourth-order valence-electron chi connectivity index (χ4n) is 0.946. The molecule has 0 amide bonds. The summed E-state index contributed by atoms with van der Waals surface area (Å²) in [5.41, 5.74) is 0.933. The van der Waals surface area contributed by atoms with Crippen LogP contribution >= 0.6 is 22.6 Å². The molecule has 0 aromatic heterocycles. The van der Waals surface area contributed by atoms with Crippen molar-refractivity contribution >= 4 is 36.0 Å². The van der Waals surface area contributed by atoms with Gasteiger partial charge in [-0.05, 0) is 42.0 Å². The fraction of sp³-hybridized carbons (Fsp3) is 0.273. The van der Waals surface area contributed by atoms with E-state index >= 15 is 0 Å². The van der Waals surface area contributed by atoms with Gasteiger partial charge in [-0.1, -0.05) is 30.3 Å². The van der Waals surface area contributed by atoms with E-state index in [2.05, 4.69) is 0 Å². The van der Waals surface area contributed by atoms with Crippen LogP contribution in [0.2, 0.25) is 0 Å². The second-order valence-electron chi connectivity index (χ2n) is 3.47. The van der Waals surface area contributed by atoms with Gasteiger partial charge in [0.1, 0.15) is 0 Å². The van der Waals surface area contributed by atoms with E-state index in [-0.39, 0.29) is 5.25 Å². The van der Waals surface area contributed by atoms with Crippen molar-refractivity contribution < 1.29 is 8.42 Å². The van der Waals surface area contributed by atoms with Crippen LogP contribution < -0.4 is 0 Å². The highest BCUT2D eigenvalue weighted by Gasteiger charge is 2.13. The van der Waals surface area contributed by atoms with Crippen LogP contribution in [0.15, 0.2) is 35.7 Å². The van der Waals surface area contributed by atoms with Crippen LogP contribution in [0.3, 0.4) is 0 Å². The number of hydrogen-bond donors (Lipinski definition) is 0. The molecule has 0 aliphatic heterocycles. The summed E-state index contributed by atoms with van der Waals surface area (Å²) in [6.45, 7) is 3.36. The van der Waals surface area contributed by atoms with Crippen molar-refractivity contribution in [3.05, 3.63) is 41.3 Å². The molecule has 0 fully saturated rings. The van der Waals surface area contributed by atoms with E-state index in [0.717, 1.165) is 9.14 Å². The first-order valence-electron chi connectivity index (χ1n) is 4.60. The molecule has 4 heteroatoms. The van der Waals surface area contributed by atoms with Crippen molar-refractivity contribution in [3.8, 4) is 0 Å². The summed E-state index contributed by atoms with van der Waals surface area (Å²) in [7, 11) is -3.12. The minimum atomic E-state index is -3.12. The van der Waals surface area contributed by atoms with Gasteiger partial charge in [-0.15, -0.1) is 0 Å². The van der Waals surface area contributed by atoms with Gasteiger partial charge in [0.05, 0.1) is 5.25 Å². The van der Waals surface area contributed by atoms with E-state index in [1.807, 2.05) is 52.9 Å². The van der Waals surface area contributed by atoms with Crippen LogP contribution in [-0.4, -0.2) is 13.7 Å². The maximum atomic E-state index is 11.6. The summed E-state index contributed by atoms with van der Waals surface area (Å²) in [5, 5.41) is 0.971. The van der Waals surface area contributed by atoms with Gasteiger partial charge in [0.15, 0.2) is 9.84 Å². The summed E-state index contributed by atoms with van der Waals surface area (Å²) in [6, 6.07) is 9.49. The van der Waals surface area contributed by atoms with Crippen LogP contribution in [0.1, 0.15) is 19.4 Å². The Kier molecular flexibility index (Phi) is 4.33. The molecule has 15 heavy (non-hydrogen) atoms. The first-order chi connectivity index (χ1) is 6.93. The zero-order chi connectivity index (χ0) is 11.5. The van der Waals surface area contributed by atoms with Gasteiger partial charge in [0.25, 0.3) is 0 Å². The third-order valence-corrected chi connectivity index (χ3v) is 5.21. The van der Waals surface area contributed by atoms with E-state index in [1.165, 1.54) is 5.41 Å². The molecule has 0 aliphatic carbocycles. The summed E-state index contributed by atoms with van der Waals surface area (Å²) < 4.78 is 24.0. The summed E-state index contributed by atoms with van der Waals surface area (Å²) in [5.74, 6) is 0. The zero-order valence-electron chi connectivity index (χ0n) is 8.64. The summed E-state index contributed by atoms with van der Waals surface area (Å²) in [4.78, 5) is 0. The number of sulfone groups is 1. The van der Waals surface area contributed by atoms with Gasteiger partial charge in [-0.3, -0.25) is 0 Å². The summed E-state index contributed by atoms with van der Waals surface area (Å²) >= 11 is 2.05. The SMILES string of the molecule is CC(C)S(=O)(=O)/C=C(/I)c1ccccc1. The number of halogens is 1. The molecule has 0 unspecified atom stereocenters. The highest BCUT2D eigenvalue weighted by molar-refractivity contribution is 14.1. The van der Waals surface area contributed by atoms with E-state index in [0.29, 0.717) is 0 Å². The van der Waals surface area contributed by atoms with Crippen molar-refractivity contribution in [1.82, 2.24) is 0 Å². The molecule has 0 atom stereocenters. The normalized spacial score (nSPS) is 13.2. The Morgan fingerprint density at radius 2 is 1.80 bits per heavy atom. The summed E-state index contributed by atoms with van der Waals surface area (Å²) in [6.07, 6.45) is 0. The number of hydrogen-bond acceptors (Lipinski definition) is 2. The predicted octanol–water partition coefficient (Wildman–Crippen LogP) is 3.24. The van der Waals surface area contributed by atoms with E-state index in [9.17, 15) is 8.42 Å². The average molecular weight is 336 g/mol. The van der Waals surface area contributed by atoms with Crippen molar-refractivity contribution in [2.75, 3.05) is 0 Å². The smallest absolute Gasteiger partial charge is 0.174 e. The lowest BCUT2D eigenvalue weighted by Gasteiger charge is -2.04. The monoisotopic (exact) mass is 336 g/mol. The maximum Gasteiger partial charge on any atom is 0.174 e. The zero-order valence-corrected chi connectivity index (χ0v) is 11.6. The second kappa shape index (κ2) is 5.12. The molecular weight excluding hydrogens is 323 g/mol. The molecule has 0 radical (unpaired) electrons. The Hall–Kier alpha value is -0.360. The van der Waals surface area contributed by atoms with E-state index in [4.69, 9.17) is 0 Å². The van der Waals surface area contributed by atoms with Crippen LogP contribution in [0.25, 0.3) is 3.58 Å². The molecule has 0 bridgehead atoms. The van der Waals surface area contributed by atoms with Crippen LogP contribution in [-0.2, 0) is 9.84 Å². The largest absolute Gasteiger partial charge is 0.224 e. The first kappa shape index (κ1) is 12.7. The number of rotatable bonds is 3. The molecule has 0 spiro atoms. The minimum absolute atomic E-state index is 0.369. The van der Waals surface area contributed by atoms with Gasteiger partial charge in [0, 0.05) is 8.99 Å². The van der Waals surface area contributed by atoms with Crippen LogP contribution in [0.4, 0.5) is 0 Å². The molecule has 2 nitrogen and oxygen atoms in total. The lowest BCUT2D eigenvalue weighted by atomic mass is 10.2. The standard InChI is InChI=1S/C11H13IO2S/c1-9(2)15(13,14)8-11(12)10-6-4-3-5-7-10/h3-9H,1-2H3/b11-8+. The average Bonchev–Trinajstić information content (AvgIpc) is 2.18. The highest BCUT2D eigenvalue weighted by Crippen LogP contribution is 2.23. The Morgan fingerprint density at radius 3 is 2.27 bits per heavy atom.